The number of aryl methyl sites for hydroxylation is 1. The van der Waals surface area contributed by atoms with Crippen molar-refractivity contribution in [1.29, 1.82) is 0 Å². The van der Waals surface area contributed by atoms with E-state index in [0.29, 0.717) is 4.90 Å². The molecule has 88 valence electrons. The van der Waals surface area contributed by atoms with Crippen LogP contribution in [0.5, 0.6) is 0 Å². The van der Waals surface area contributed by atoms with Gasteiger partial charge in [-0.2, -0.15) is 0 Å². The van der Waals surface area contributed by atoms with Crippen LogP contribution in [0.1, 0.15) is 25.8 Å². The summed E-state index contributed by atoms with van der Waals surface area (Å²) in [6.07, 6.45) is 0.915. The highest BCUT2D eigenvalue weighted by molar-refractivity contribution is 7.89. The van der Waals surface area contributed by atoms with E-state index in [-0.39, 0.29) is 11.5 Å². The van der Waals surface area contributed by atoms with Crippen molar-refractivity contribution < 1.29 is 8.42 Å². The molecule has 0 spiro atoms. The van der Waals surface area contributed by atoms with Gasteiger partial charge in [0.15, 0.2) is 0 Å². The Morgan fingerprint density at radius 2 is 1.88 bits per heavy atom. The van der Waals surface area contributed by atoms with Gasteiger partial charge in [-0.05, 0) is 30.4 Å². The summed E-state index contributed by atoms with van der Waals surface area (Å²) in [5, 5.41) is 0. The molecule has 0 radical (unpaired) electrons. The van der Waals surface area contributed by atoms with Crippen molar-refractivity contribution in [2.24, 2.45) is 5.41 Å². The molecule has 0 heterocycles. The van der Waals surface area contributed by atoms with E-state index in [1.165, 1.54) is 0 Å². The maximum Gasteiger partial charge on any atom is 0.241 e. The van der Waals surface area contributed by atoms with Crippen molar-refractivity contribution >= 4 is 10.0 Å². The molecule has 4 heteroatoms. The summed E-state index contributed by atoms with van der Waals surface area (Å²) in [7, 11) is -3.35. The SMILES string of the molecule is Cc1ccccc1S(=O)(=O)NC1CC1(C)C. The van der Waals surface area contributed by atoms with Gasteiger partial charge >= 0.3 is 0 Å². The van der Waals surface area contributed by atoms with Crippen LogP contribution in [-0.2, 0) is 10.0 Å². The van der Waals surface area contributed by atoms with E-state index in [0.717, 1.165) is 12.0 Å². The van der Waals surface area contributed by atoms with Crippen molar-refractivity contribution in [2.45, 2.75) is 38.1 Å². The van der Waals surface area contributed by atoms with Crippen molar-refractivity contribution in [3.63, 3.8) is 0 Å². The van der Waals surface area contributed by atoms with E-state index in [1.54, 1.807) is 12.1 Å². The number of hydrogen-bond donors (Lipinski definition) is 1. The van der Waals surface area contributed by atoms with Gasteiger partial charge in [0.25, 0.3) is 0 Å². The lowest BCUT2D eigenvalue weighted by molar-refractivity contribution is 0.554. The minimum absolute atomic E-state index is 0.0807. The number of rotatable bonds is 3. The molecule has 0 bridgehead atoms. The first kappa shape index (κ1) is 11.6. The van der Waals surface area contributed by atoms with Crippen LogP contribution in [-0.4, -0.2) is 14.5 Å². The van der Waals surface area contributed by atoms with E-state index < -0.39 is 10.0 Å². The van der Waals surface area contributed by atoms with E-state index in [4.69, 9.17) is 0 Å². The Kier molecular flexibility index (Phi) is 2.59. The lowest BCUT2D eigenvalue weighted by Crippen LogP contribution is -2.29. The van der Waals surface area contributed by atoms with Crippen molar-refractivity contribution in [1.82, 2.24) is 4.72 Å². The van der Waals surface area contributed by atoms with Crippen molar-refractivity contribution in [3.05, 3.63) is 29.8 Å². The first-order chi connectivity index (χ1) is 7.33. The molecule has 2 rings (SSSR count). The Bertz CT molecular complexity index is 506. The van der Waals surface area contributed by atoms with Gasteiger partial charge in [0.05, 0.1) is 4.90 Å². The van der Waals surface area contributed by atoms with E-state index >= 15 is 0 Å². The Hall–Kier alpha value is -0.870. The van der Waals surface area contributed by atoms with Gasteiger partial charge in [-0.3, -0.25) is 0 Å². The van der Waals surface area contributed by atoms with E-state index in [1.807, 2.05) is 19.1 Å². The third kappa shape index (κ3) is 2.13. The molecule has 1 saturated carbocycles. The fraction of sp³-hybridized carbons (Fsp3) is 0.500. The van der Waals surface area contributed by atoms with E-state index in [2.05, 4.69) is 18.6 Å². The molecule has 0 amide bonds. The van der Waals surface area contributed by atoms with Crippen LogP contribution in [0.3, 0.4) is 0 Å². The highest BCUT2D eigenvalue weighted by Gasteiger charge is 2.47. The molecule has 1 aliphatic carbocycles. The second-order valence-electron chi connectivity index (χ2n) is 5.13. The van der Waals surface area contributed by atoms with Crippen molar-refractivity contribution in [2.75, 3.05) is 0 Å². The summed E-state index contributed by atoms with van der Waals surface area (Å²) in [6.45, 7) is 5.95. The van der Waals surface area contributed by atoms with Gasteiger partial charge in [0.2, 0.25) is 10.0 Å². The minimum Gasteiger partial charge on any atom is -0.208 e. The molecule has 1 fully saturated rings. The minimum atomic E-state index is -3.35. The molecule has 0 aromatic heterocycles. The highest BCUT2D eigenvalue weighted by atomic mass is 32.2. The Balaban J connectivity index is 2.24. The molecule has 3 nitrogen and oxygen atoms in total. The monoisotopic (exact) mass is 239 g/mol. The molecule has 1 atom stereocenters. The van der Waals surface area contributed by atoms with Gasteiger partial charge in [0, 0.05) is 6.04 Å². The van der Waals surface area contributed by atoms with Crippen LogP contribution in [0.15, 0.2) is 29.2 Å². The lowest BCUT2D eigenvalue weighted by Gasteiger charge is -2.10. The summed E-state index contributed by atoms with van der Waals surface area (Å²) < 4.78 is 26.9. The summed E-state index contributed by atoms with van der Waals surface area (Å²) in [4.78, 5) is 0.387. The first-order valence-electron chi connectivity index (χ1n) is 5.41. The maximum atomic E-state index is 12.1. The topological polar surface area (TPSA) is 46.2 Å². The first-order valence-corrected chi connectivity index (χ1v) is 6.89. The third-order valence-electron chi connectivity index (χ3n) is 3.19. The molecule has 0 aliphatic heterocycles. The fourth-order valence-corrected chi connectivity index (χ4v) is 3.43. The summed E-state index contributed by atoms with van der Waals surface area (Å²) in [6, 6.07) is 7.13. The van der Waals surface area contributed by atoms with Crippen LogP contribution in [0.2, 0.25) is 0 Å². The number of hydrogen-bond acceptors (Lipinski definition) is 2. The normalized spacial score (nSPS) is 23.1. The summed E-state index contributed by atoms with van der Waals surface area (Å²) >= 11 is 0. The second kappa shape index (κ2) is 3.57. The standard InChI is InChI=1S/C12H17NO2S/c1-9-6-4-5-7-10(9)16(14,15)13-11-8-12(11,2)3/h4-7,11,13H,8H2,1-3H3. The van der Waals surface area contributed by atoms with E-state index in [9.17, 15) is 8.42 Å². The van der Waals surface area contributed by atoms with Gasteiger partial charge in [-0.25, -0.2) is 13.1 Å². The quantitative estimate of drug-likeness (QED) is 0.877. The zero-order valence-corrected chi connectivity index (χ0v) is 10.6. The van der Waals surface area contributed by atoms with Crippen LogP contribution >= 0.6 is 0 Å². The largest absolute Gasteiger partial charge is 0.241 e. The Morgan fingerprint density at radius 3 is 2.38 bits per heavy atom. The van der Waals surface area contributed by atoms with Gasteiger partial charge < -0.3 is 0 Å². The average molecular weight is 239 g/mol. The maximum absolute atomic E-state index is 12.1. The predicted molar refractivity (Wildman–Crippen MR) is 63.7 cm³/mol. The molecule has 1 aliphatic rings. The molecule has 1 unspecified atom stereocenters. The summed E-state index contributed by atoms with van der Waals surface area (Å²) in [5.74, 6) is 0. The van der Waals surface area contributed by atoms with Crippen molar-refractivity contribution in [3.8, 4) is 0 Å². The zero-order valence-electron chi connectivity index (χ0n) is 9.82. The highest BCUT2D eigenvalue weighted by Crippen LogP contribution is 2.45. The Labute approximate surface area is 96.9 Å². The zero-order chi connectivity index (χ0) is 12.0. The third-order valence-corrected chi connectivity index (χ3v) is 4.83. The smallest absolute Gasteiger partial charge is 0.208 e. The fourth-order valence-electron chi connectivity index (χ4n) is 1.78. The number of nitrogens with one attached hydrogen (secondary N) is 1. The van der Waals surface area contributed by atoms with Gasteiger partial charge in [-0.15, -0.1) is 0 Å². The average Bonchev–Trinajstić information content (AvgIpc) is 2.72. The molecular weight excluding hydrogens is 222 g/mol. The Morgan fingerprint density at radius 1 is 1.31 bits per heavy atom. The molecule has 16 heavy (non-hydrogen) atoms. The van der Waals surface area contributed by atoms with Crippen LogP contribution < -0.4 is 4.72 Å². The molecule has 1 N–H and O–H groups in total. The second-order valence-corrected chi connectivity index (χ2v) is 6.81. The van der Waals surface area contributed by atoms with Crippen LogP contribution in [0, 0.1) is 12.3 Å². The molecule has 0 saturated heterocycles. The molecular formula is C12H17NO2S. The van der Waals surface area contributed by atoms with Gasteiger partial charge in [0.1, 0.15) is 0 Å². The van der Waals surface area contributed by atoms with Crippen LogP contribution in [0.25, 0.3) is 0 Å². The van der Waals surface area contributed by atoms with Gasteiger partial charge in [-0.1, -0.05) is 32.0 Å². The number of sulfonamides is 1. The number of benzene rings is 1. The lowest BCUT2D eigenvalue weighted by atomic mass is 10.2. The summed E-state index contributed by atoms with van der Waals surface area (Å²) in [5.41, 5.74) is 0.893. The predicted octanol–water partition coefficient (Wildman–Crippen LogP) is 2.07. The molecule has 1 aromatic rings. The molecule has 1 aromatic carbocycles. The van der Waals surface area contributed by atoms with Crippen LogP contribution in [0.4, 0.5) is 0 Å².